The van der Waals surface area contributed by atoms with Crippen molar-refractivity contribution in [3.05, 3.63) is 16.6 Å². The van der Waals surface area contributed by atoms with E-state index in [1.807, 2.05) is 0 Å². The number of aromatic nitrogens is 1. The predicted molar refractivity (Wildman–Crippen MR) is 81.8 cm³/mol. The van der Waals surface area contributed by atoms with E-state index in [1.54, 1.807) is 17.2 Å². The van der Waals surface area contributed by atoms with Crippen LogP contribution in [-0.2, 0) is 9.53 Å². The quantitative estimate of drug-likeness (QED) is 0.797. The van der Waals surface area contributed by atoms with Gasteiger partial charge in [0.1, 0.15) is 0 Å². The lowest BCUT2D eigenvalue weighted by molar-refractivity contribution is -0.142. The fourth-order valence-corrected chi connectivity index (χ4v) is 3.26. The van der Waals surface area contributed by atoms with Gasteiger partial charge in [-0.15, -0.1) is 11.3 Å². The summed E-state index contributed by atoms with van der Waals surface area (Å²) >= 11 is 1.15. The Morgan fingerprint density at radius 1 is 1.39 bits per heavy atom. The normalized spacial score (nSPS) is 24.8. The molecule has 0 saturated carbocycles. The van der Waals surface area contributed by atoms with E-state index in [-0.39, 0.29) is 17.6 Å². The van der Waals surface area contributed by atoms with Crippen molar-refractivity contribution in [1.29, 1.82) is 0 Å². The van der Waals surface area contributed by atoms with Crippen LogP contribution in [0.3, 0.4) is 0 Å². The van der Waals surface area contributed by atoms with Gasteiger partial charge in [-0.2, -0.15) is 0 Å². The van der Waals surface area contributed by atoms with Crippen LogP contribution in [0.15, 0.2) is 11.6 Å². The summed E-state index contributed by atoms with van der Waals surface area (Å²) in [5.41, 5.74) is 0. The summed E-state index contributed by atoms with van der Waals surface area (Å²) in [5.74, 6) is -0.958. The number of ether oxygens (including phenoxy) is 1. The van der Waals surface area contributed by atoms with Crippen LogP contribution in [0.1, 0.15) is 29.6 Å². The Morgan fingerprint density at radius 3 is 2.78 bits per heavy atom. The second kappa shape index (κ2) is 6.63. The molecule has 2 aliphatic heterocycles. The Kier molecular flexibility index (Phi) is 4.58. The monoisotopic (exact) mass is 338 g/mol. The van der Waals surface area contributed by atoms with Gasteiger partial charge < -0.3 is 15.0 Å². The zero-order chi connectivity index (χ0) is 16.4. The molecule has 3 heterocycles. The van der Waals surface area contributed by atoms with Gasteiger partial charge in [-0.25, -0.2) is 14.7 Å². The third-order valence-corrected chi connectivity index (χ3v) is 4.71. The molecular weight excluding hydrogens is 320 g/mol. The zero-order valence-electron chi connectivity index (χ0n) is 12.7. The van der Waals surface area contributed by atoms with Crippen LogP contribution in [-0.4, -0.2) is 64.6 Å². The SMILES string of the molecule is CC1NCC(=O)N(C(=O)c2nccs2)C1OC(=O)N1CCCC1. The smallest absolute Gasteiger partial charge is 0.411 e. The molecular formula is C14H18N4O4S. The van der Waals surface area contributed by atoms with Gasteiger partial charge >= 0.3 is 6.09 Å². The van der Waals surface area contributed by atoms with Crippen LogP contribution >= 0.6 is 11.3 Å². The lowest BCUT2D eigenvalue weighted by atomic mass is 10.2. The van der Waals surface area contributed by atoms with Crippen LogP contribution in [0, 0.1) is 0 Å². The van der Waals surface area contributed by atoms with Crippen LogP contribution in [0.2, 0.25) is 0 Å². The summed E-state index contributed by atoms with van der Waals surface area (Å²) in [5, 5.41) is 4.82. The van der Waals surface area contributed by atoms with Gasteiger partial charge in [0, 0.05) is 24.7 Å². The van der Waals surface area contributed by atoms with E-state index < -0.39 is 24.1 Å². The highest BCUT2D eigenvalue weighted by Crippen LogP contribution is 2.19. The van der Waals surface area contributed by atoms with Crippen LogP contribution < -0.4 is 5.32 Å². The number of nitrogens with zero attached hydrogens (tertiary/aromatic N) is 3. The minimum atomic E-state index is -0.972. The van der Waals surface area contributed by atoms with E-state index in [1.165, 1.54) is 6.20 Å². The van der Waals surface area contributed by atoms with Gasteiger partial charge in [0.25, 0.3) is 5.91 Å². The molecule has 124 valence electrons. The number of hydrogen-bond donors (Lipinski definition) is 1. The molecule has 3 rings (SSSR count). The zero-order valence-corrected chi connectivity index (χ0v) is 13.5. The number of hydrogen-bond acceptors (Lipinski definition) is 7. The molecule has 2 saturated heterocycles. The average Bonchev–Trinajstić information content (AvgIpc) is 3.23. The largest absolute Gasteiger partial charge is 0.423 e. The molecule has 1 aromatic rings. The second-order valence-electron chi connectivity index (χ2n) is 5.54. The maximum Gasteiger partial charge on any atom is 0.411 e. The maximum absolute atomic E-state index is 12.6. The molecule has 0 bridgehead atoms. The number of piperazine rings is 1. The fraction of sp³-hybridized carbons (Fsp3) is 0.571. The first kappa shape index (κ1) is 15.9. The summed E-state index contributed by atoms with van der Waals surface area (Å²) in [7, 11) is 0. The molecule has 2 atom stereocenters. The summed E-state index contributed by atoms with van der Waals surface area (Å²) in [4.78, 5) is 43.5. The third kappa shape index (κ3) is 3.20. The summed E-state index contributed by atoms with van der Waals surface area (Å²) in [6, 6.07) is -0.344. The van der Waals surface area contributed by atoms with Crippen LogP contribution in [0.5, 0.6) is 0 Å². The predicted octanol–water partition coefficient (Wildman–Crippen LogP) is 0.662. The lowest BCUT2D eigenvalue weighted by Gasteiger charge is -2.38. The molecule has 0 radical (unpaired) electrons. The number of nitrogens with one attached hydrogen (secondary N) is 1. The van der Waals surface area contributed by atoms with Crippen molar-refractivity contribution in [2.24, 2.45) is 0 Å². The van der Waals surface area contributed by atoms with Gasteiger partial charge in [-0.3, -0.25) is 9.59 Å². The maximum atomic E-state index is 12.6. The molecule has 0 aliphatic carbocycles. The van der Waals surface area contributed by atoms with Gasteiger partial charge in [0.05, 0.1) is 12.6 Å². The molecule has 2 fully saturated rings. The van der Waals surface area contributed by atoms with Crippen molar-refractivity contribution in [3.8, 4) is 0 Å². The number of likely N-dealkylation sites (tertiary alicyclic amines) is 1. The highest BCUT2D eigenvalue weighted by Gasteiger charge is 2.42. The van der Waals surface area contributed by atoms with E-state index >= 15 is 0 Å². The Balaban J connectivity index is 1.79. The Morgan fingerprint density at radius 2 is 2.13 bits per heavy atom. The first-order valence-electron chi connectivity index (χ1n) is 7.53. The standard InChI is InChI=1S/C14H18N4O4S/c1-9-13(22-14(21)17-5-2-3-6-17)18(10(19)8-16-9)12(20)11-15-4-7-23-11/h4,7,9,13,16H,2-3,5-6,8H2,1H3. The van der Waals surface area contributed by atoms with Crippen molar-refractivity contribution >= 4 is 29.2 Å². The molecule has 8 nitrogen and oxygen atoms in total. The molecule has 1 N–H and O–H groups in total. The summed E-state index contributed by atoms with van der Waals surface area (Å²) in [6.07, 6.45) is 1.91. The Labute approximate surface area is 137 Å². The summed E-state index contributed by atoms with van der Waals surface area (Å²) in [6.45, 7) is 3.08. The van der Waals surface area contributed by atoms with Crippen molar-refractivity contribution in [2.75, 3.05) is 19.6 Å². The van der Waals surface area contributed by atoms with E-state index in [4.69, 9.17) is 4.74 Å². The Hall–Kier alpha value is -2.00. The van der Waals surface area contributed by atoms with Crippen molar-refractivity contribution < 1.29 is 19.1 Å². The first-order valence-corrected chi connectivity index (χ1v) is 8.40. The first-order chi connectivity index (χ1) is 11.1. The van der Waals surface area contributed by atoms with Gasteiger partial charge in [-0.1, -0.05) is 0 Å². The summed E-state index contributed by atoms with van der Waals surface area (Å²) < 4.78 is 5.48. The molecule has 2 unspecified atom stereocenters. The minimum absolute atomic E-state index is 0.0239. The Bertz CT molecular complexity index is 600. The fourth-order valence-electron chi connectivity index (χ4n) is 2.69. The number of rotatable bonds is 2. The number of carbonyl (C=O) groups is 3. The molecule has 9 heteroatoms. The van der Waals surface area contributed by atoms with Crippen molar-refractivity contribution in [3.63, 3.8) is 0 Å². The number of thiazole rings is 1. The second-order valence-corrected chi connectivity index (χ2v) is 6.44. The highest BCUT2D eigenvalue weighted by atomic mass is 32.1. The van der Waals surface area contributed by atoms with Crippen molar-refractivity contribution in [2.45, 2.75) is 32.0 Å². The molecule has 2 aliphatic rings. The lowest BCUT2D eigenvalue weighted by Crippen LogP contribution is -2.63. The molecule has 23 heavy (non-hydrogen) atoms. The van der Waals surface area contributed by atoms with Gasteiger partial charge in [-0.05, 0) is 19.8 Å². The van der Waals surface area contributed by atoms with E-state index in [0.29, 0.717) is 13.1 Å². The number of amides is 3. The number of imide groups is 1. The molecule has 0 spiro atoms. The third-order valence-electron chi connectivity index (χ3n) is 3.95. The minimum Gasteiger partial charge on any atom is -0.423 e. The highest BCUT2D eigenvalue weighted by molar-refractivity contribution is 7.11. The molecule has 1 aromatic heterocycles. The topological polar surface area (TPSA) is 91.8 Å². The van der Waals surface area contributed by atoms with Crippen LogP contribution in [0.4, 0.5) is 4.79 Å². The van der Waals surface area contributed by atoms with Gasteiger partial charge in [0.2, 0.25) is 12.1 Å². The van der Waals surface area contributed by atoms with E-state index in [9.17, 15) is 14.4 Å². The van der Waals surface area contributed by atoms with Crippen LogP contribution in [0.25, 0.3) is 0 Å². The van der Waals surface area contributed by atoms with Gasteiger partial charge in [0.15, 0.2) is 5.01 Å². The number of carbonyl (C=O) groups excluding carboxylic acids is 3. The average molecular weight is 338 g/mol. The molecule has 0 aromatic carbocycles. The van der Waals surface area contributed by atoms with E-state index in [0.717, 1.165) is 29.1 Å². The van der Waals surface area contributed by atoms with Crippen molar-refractivity contribution in [1.82, 2.24) is 20.1 Å². The van der Waals surface area contributed by atoms with E-state index in [2.05, 4.69) is 10.3 Å². The molecule has 3 amide bonds.